The highest BCUT2D eigenvalue weighted by Crippen LogP contribution is 2.34. The summed E-state index contributed by atoms with van der Waals surface area (Å²) in [5.41, 5.74) is 2.57. The van der Waals surface area contributed by atoms with Gasteiger partial charge in [0.05, 0.1) is 12.0 Å². The largest absolute Gasteiger partial charge is 0.493 e. The van der Waals surface area contributed by atoms with Crippen molar-refractivity contribution >= 4 is 28.8 Å². The standard InChI is InChI=1S/C27H25N5O5S/c1-36-24-18-20(7-12-23(24)37-27-28-25(29-38-27)17-19-5-3-2-4-6-19)26(33)31-15-13-30(14-16-31)21-8-10-22(11-9-21)32(34)35/h2-12,18H,13-17H2,1H3. The van der Waals surface area contributed by atoms with E-state index in [-0.39, 0.29) is 11.6 Å². The number of amides is 1. The van der Waals surface area contributed by atoms with E-state index in [2.05, 4.69) is 14.3 Å². The SMILES string of the molecule is COc1cc(C(=O)N2CCN(c3ccc([N+](=O)[O-])cc3)CC2)ccc1Oc1nc(Cc2ccccc2)ns1. The Hall–Kier alpha value is -4.51. The average Bonchev–Trinajstić information content (AvgIpc) is 3.40. The number of non-ortho nitro benzene ring substituents is 1. The van der Waals surface area contributed by atoms with E-state index < -0.39 is 4.92 Å². The molecule has 3 aromatic carbocycles. The van der Waals surface area contributed by atoms with Crippen LogP contribution in [0.3, 0.4) is 0 Å². The molecule has 5 rings (SSSR count). The Morgan fingerprint density at radius 3 is 2.42 bits per heavy atom. The van der Waals surface area contributed by atoms with Crippen molar-refractivity contribution in [3.63, 3.8) is 0 Å². The van der Waals surface area contributed by atoms with Gasteiger partial charge in [0.15, 0.2) is 17.3 Å². The number of benzene rings is 3. The zero-order valence-corrected chi connectivity index (χ0v) is 21.5. The predicted molar refractivity (Wildman–Crippen MR) is 143 cm³/mol. The third-order valence-corrected chi connectivity index (χ3v) is 6.89. The first-order chi connectivity index (χ1) is 18.5. The minimum Gasteiger partial charge on any atom is -0.493 e. The maximum absolute atomic E-state index is 13.2. The minimum absolute atomic E-state index is 0.0580. The highest BCUT2D eigenvalue weighted by atomic mass is 32.1. The Bertz CT molecular complexity index is 1420. The van der Waals surface area contributed by atoms with Gasteiger partial charge in [0.1, 0.15) is 0 Å². The van der Waals surface area contributed by atoms with Crippen LogP contribution < -0.4 is 14.4 Å². The van der Waals surface area contributed by atoms with Crippen molar-refractivity contribution in [2.75, 3.05) is 38.2 Å². The molecule has 2 heterocycles. The number of anilines is 1. The number of carbonyl (C=O) groups excluding carboxylic acids is 1. The molecule has 1 saturated heterocycles. The van der Waals surface area contributed by atoms with Crippen molar-refractivity contribution in [1.29, 1.82) is 0 Å². The molecule has 0 atom stereocenters. The molecule has 1 amide bonds. The van der Waals surface area contributed by atoms with E-state index in [1.54, 1.807) is 35.2 Å². The van der Waals surface area contributed by atoms with E-state index in [1.165, 1.54) is 19.2 Å². The Labute approximate surface area is 223 Å². The van der Waals surface area contributed by atoms with E-state index in [1.807, 2.05) is 30.3 Å². The first-order valence-corrected chi connectivity index (χ1v) is 12.8. The topological polar surface area (TPSA) is 111 Å². The molecule has 11 heteroatoms. The highest BCUT2D eigenvalue weighted by molar-refractivity contribution is 7.07. The summed E-state index contributed by atoms with van der Waals surface area (Å²) in [6, 6.07) is 21.5. The number of methoxy groups -OCH3 is 1. The van der Waals surface area contributed by atoms with E-state index in [0.29, 0.717) is 60.7 Å². The van der Waals surface area contributed by atoms with Gasteiger partial charge in [-0.2, -0.15) is 9.36 Å². The zero-order valence-electron chi connectivity index (χ0n) is 20.6. The molecular weight excluding hydrogens is 506 g/mol. The molecule has 0 radical (unpaired) electrons. The number of carbonyl (C=O) groups is 1. The quantitative estimate of drug-likeness (QED) is 0.236. The Morgan fingerprint density at radius 1 is 1.00 bits per heavy atom. The first kappa shape index (κ1) is 25.2. The van der Waals surface area contributed by atoms with Crippen LogP contribution in [0.15, 0.2) is 72.8 Å². The summed E-state index contributed by atoms with van der Waals surface area (Å²) in [6.45, 7) is 2.32. The van der Waals surface area contributed by atoms with Crippen LogP contribution in [0.2, 0.25) is 0 Å². The van der Waals surface area contributed by atoms with E-state index >= 15 is 0 Å². The van der Waals surface area contributed by atoms with Gasteiger partial charge in [-0.05, 0) is 35.9 Å². The lowest BCUT2D eigenvalue weighted by Crippen LogP contribution is -2.48. The number of ether oxygens (including phenoxy) is 2. The molecule has 1 fully saturated rings. The number of nitro benzene ring substituents is 1. The van der Waals surface area contributed by atoms with Crippen molar-refractivity contribution in [3.8, 4) is 16.7 Å². The summed E-state index contributed by atoms with van der Waals surface area (Å²) < 4.78 is 15.8. The van der Waals surface area contributed by atoms with Crippen LogP contribution in [0.1, 0.15) is 21.7 Å². The van der Waals surface area contributed by atoms with Gasteiger partial charge in [0.2, 0.25) is 0 Å². The highest BCUT2D eigenvalue weighted by Gasteiger charge is 2.24. The van der Waals surface area contributed by atoms with Gasteiger partial charge >= 0.3 is 0 Å². The van der Waals surface area contributed by atoms with Crippen LogP contribution in [0.25, 0.3) is 0 Å². The van der Waals surface area contributed by atoms with Gasteiger partial charge in [-0.15, -0.1) is 0 Å². The van der Waals surface area contributed by atoms with Crippen LogP contribution in [0, 0.1) is 10.1 Å². The summed E-state index contributed by atoms with van der Waals surface area (Å²) in [5, 5.41) is 11.3. The first-order valence-electron chi connectivity index (χ1n) is 12.0. The maximum Gasteiger partial charge on any atom is 0.298 e. The summed E-state index contributed by atoms with van der Waals surface area (Å²) >= 11 is 1.16. The molecule has 1 aromatic heterocycles. The molecule has 38 heavy (non-hydrogen) atoms. The number of nitro groups is 1. The van der Waals surface area contributed by atoms with Crippen LogP contribution in [0.4, 0.5) is 11.4 Å². The van der Waals surface area contributed by atoms with E-state index in [0.717, 1.165) is 22.8 Å². The average molecular weight is 532 g/mol. The van der Waals surface area contributed by atoms with Gasteiger partial charge in [0.25, 0.3) is 16.8 Å². The summed E-state index contributed by atoms with van der Waals surface area (Å²) in [6.07, 6.45) is 0.614. The van der Waals surface area contributed by atoms with Gasteiger partial charge in [-0.1, -0.05) is 30.3 Å². The van der Waals surface area contributed by atoms with Crippen molar-refractivity contribution in [2.24, 2.45) is 0 Å². The molecule has 0 unspecified atom stereocenters. The van der Waals surface area contributed by atoms with Crippen molar-refractivity contribution < 1.29 is 19.2 Å². The number of rotatable bonds is 8. The fraction of sp³-hybridized carbons (Fsp3) is 0.222. The second-order valence-corrected chi connectivity index (χ2v) is 9.37. The van der Waals surface area contributed by atoms with Gasteiger partial charge < -0.3 is 19.3 Å². The molecule has 0 aliphatic carbocycles. The van der Waals surface area contributed by atoms with Gasteiger partial charge in [0, 0.05) is 67.5 Å². The van der Waals surface area contributed by atoms with Gasteiger partial charge in [-0.3, -0.25) is 14.9 Å². The lowest BCUT2D eigenvalue weighted by molar-refractivity contribution is -0.384. The normalized spacial score (nSPS) is 13.3. The molecule has 10 nitrogen and oxygen atoms in total. The van der Waals surface area contributed by atoms with E-state index in [4.69, 9.17) is 9.47 Å². The predicted octanol–water partition coefficient (Wildman–Crippen LogP) is 4.80. The molecule has 1 aliphatic heterocycles. The number of aromatic nitrogens is 2. The van der Waals surface area contributed by atoms with Crippen molar-refractivity contribution in [3.05, 3.63) is 99.9 Å². The lowest BCUT2D eigenvalue weighted by atomic mass is 10.1. The second kappa shape index (κ2) is 11.3. The maximum atomic E-state index is 13.2. The minimum atomic E-state index is -0.415. The number of hydrogen-bond donors (Lipinski definition) is 0. The number of nitrogens with zero attached hydrogens (tertiary/aromatic N) is 5. The van der Waals surface area contributed by atoms with Crippen molar-refractivity contribution in [1.82, 2.24) is 14.3 Å². The van der Waals surface area contributed by atoms with Crippen LogP contribution in [-0.4, -0.2) is 58.4 Å². The summed E-state index contributed by atoms with van der Waals surface area (Å²) in [7, 11) is 1.53. The monoisotopic (exact) mass is 531 g/mol. The summed E-state index contributed by atoms with van der Waals surface area (Å²) in [5.74, 6) is 1.46. The molecule has 0 spiro atoms. The van der Waals surface area contributed by atoms with Crippen LogP contribution in [-0.2, 0) is 6.42 Å². The summed E-state index contributed by atoms with van der Waals surface area (Å²) in [4.78, 5) is 32.0. The molecular formula is C27H25N5O5S. The third kappa shape index (κ3) is 5.73. The third-order valence-electron chi connectivity index (χ3n) is 6.25. The second-order valence-electron chi connectivity index (χ2n) is 8.66. The number of piperazine rings is 1. The zero-order chi connectivity index (χ0) is 26.5. The Morgan fingerprint density at radius 2 is 1.74 bits per heavy atom. The molecule has 0 bridgehead atoms. The Kier molecular flexibility index (Phi) is 7.45. The lowest BCUT2D eigenvalue weighted by Gasteiger charge is -2.36. The van der Waals surface area contributed by atoms with Crippen LogP contribution >= 0.6 is 11.5 Å². The molecule has 1 aliphatic rings. The van der Waals surface area contributed by atoms with Crippen LogP contribution in [0.5, 0.6) is 16.7 Å². The smallest absolute Gasteiger partial charge is 0.298 e. The van der Waals surface area contributed by atoms with E-state index in [9.17, 15) is 14.9 Å². The molecule has 0 N–H and O–H groups in total. The molecule has 4 aromatic rings. The Balaban J connectivity index is 1.21. The van der Waals surface area contributed by atoms with Crippen molar-refractivity contribution in [2.45, 2.75) is 6.42 Å². The fourth-order valence-corrected chi connectivity index (χ4v) is 4.81. The number of hydrogen-bond acceptors (Lipinski definition) is 9. The molecule has 194 valence electrons. The molecule has 0 saturated carbocycles. The van der Waals surface area contributed by atoms with Gasteiger partial charge in [-0.25, -0.2) is 0 Å². The fourth-order valence-electron chi connectivity index (χ4n) is 4.24.